The summed E-state index contributed by atoms with van der Waals surface area (Å²) in [5.41, 5.74) is 0. The fourth-order valence-corrected chi connectivity index (χ4v) is 3.11. The molecule has 6 nitrogen and oxygen atoms in total. The van der Waals surface area contributed by atoms with E-state index in [1.807, 2.05) is 10.8 Å². The molecule has 0 radical (unpaired) electrons. The van der Waals surface area contributed by atoms with Gasteiger partial charge in [-0.05, 0) is 6.42 Å². The molecule has 1 fully saturated rings. The Morgan fingerprint density at radius 2 is 2.21 bits per heavy atom. The zero-order valence-electron chi connectivity index (χ0n) is 10.4. The third-order valence-corrected chi connectivity index (χ3v) is 4.00. The lowest BCUT2D eigenvalue weighted by atomic mass is 10.1. The molecule has 2 heterocycles. The highest BCUT2D eigenvalue weighted by molar-refractivity contribution is 7.86. The van der Waals surface area contributed by atoms with Gasteiger partial charge in [-0.3, -0.25) is 4.79 Å². The standard InChI is InChI=1S/C11H16FN3O3S/c12-19(17,18)8-10-6-11(16)15(7-10)4-1-3-14-5-2-13-9-14/h2,5,9-10H,1,3-4,6-8H2. The Morgan fingerprint density at radius 3 is 2.84 bits per heavy atom. The number of nitrogens with zero attached hydrogens (tertiary/aromatic N) is 3. The summed E-state index contributed by atoms with van der Waals surface area (Å²) >= 11 is 0. The Kier molecular flexibility index (Phi) is 4.18. The molecule has 1 unspecified atom stereocenters. The fraction of sp³-hybridized carbons (Fsp3) is 0.636. The summed E-state index contributed by atoms with van der Waals surface area (Å²) in [6.07, 6.45) is 6.10. The van der Waals surface area contributed by atoms with Crippen LogP contribution in [0.1, 0.15) is 12.8 Å². The highest BCUT2D eigenvalue weighted by Crippen LogP contribution is 2.20. The van der Waals surface area contributed by atoms with Gasteiger partial charge >= 0.3 is 10.2 Å². The van der Waals surface area contributed by atoms with E-state index in [2.05, 4.69) is 4.98 Å². The number of hydrogen-bond acceptors (Lipinski definition) is 4. The van der Waals surface area contributed by atoms with Crippen LogP contribution in [-0.2, 0) is 21.6 Å². The van der Waals surface area contributed by atoms with Gasteiger partial charge in [0.25, 0.3) is 0 Å². The normalized spacial score (nSPS) is 20.2. The summed E-state index contributed by atoms with van der Waals surface area (Å²) in [6.45, 7) is 1.63. The number of aromatic nitrogens is 2. The van der Waals surface area contributed by atoms with Gasteiger partial charge in [-0.25, -0.2) is 4.98 Å². The number of aryl methyl sites for hydroxylation is 1. The molecule has 19 heavy (non-hydrogen) atoms. The summed E-state index contributed by atoms with van der Waals surface area (Å²) in [6, 6.07) is 0. The summed E-state index contributed by atoms with van der Waals surface area (Å²) in [5, 5.41) is 0. The van der Waals surface area contributed by atoms with E-state index in [1.165, 1.54) is 0 Å². The van der Waals surface area contributed by atoms with Crippen LogP contribution in [0.15, 0.2) is 18.7 Å². The molecule has 1 aromatic heterocycles. The van der Waals surface area contributed by atoms with E-state index in [0.29, 0.717) is 13.1 Å². The number of carbonyl (C=O) groups is 1. The first-order chi connectivity index (χ1) is 8.94. The van der Waals surface area contributed by atoms with Crippen LogP contribution < -0.4 is 0 Å². The molecule has 1 aliphatic heterocycles. The number of amides is 1. The zero-order valence-corrected chi connectivity index (χ0v) is 11.2. The van der Waals surface area contributed by atoms with Gasteiger partial charge in [0.1, 0.15) is 0 Å². The minimum atomic E-state index is -4.50. The number of imidazole rings is 1. The Balaban J connectivity index is 1.77. The second-order valence-electron chi connectivity index (χ2n) is 4.77. The predicted molar refractivity (Wildman–Crippen MR) is 66.4 cm³/mol. The van der Waals surface area contributed by atoms with Crippen molar-refractivity contribution in [2.75, 3.05) is 18.8 Å². The molecule has 8 heteroatoms. The molecule has 106 valence electrons. The molecule has 1 atom stereocenters. The van der Waals surface area contributed by atoms with Crippen molar-refractivity contribution >= 4 is 16.1 Å². The van der Waals surface area contributed by atoms with Crippen molar-refractivity contribution in [1.82, 2.24) is 14.5 Å². The second kappa shape index (κ2) is 5.68. The first-order valence-electron chi connectivity index (χ1n) is 6.10. The van der Waals surface area contributed by atoms with Crippen LogP contribution in [0.25, 0.3) is 0 Å². The van der Waals surface area contributed by atoms with Crippen LogP contribution in [0.4, 0.5) is 3.89 Å². The topological polar surface area (TPSA) is 72.3 Å². The Morgan fingerprint density at radius 1 is 1.42 bits per heavy atom. The molecule has 0 aliphatic carbocycles. The van der Waals surface area contributed by atoms with Gasteiger partial charge in [0.05, 0.1) is 12.1 Å². The van der Waals surface area contributed by atoms with Gasteiger partial charge < -0.3 is 9.47 Å². The summed E-state index contributed by atoms with van der Waals surface area (Å²) in [7, 11) is -4.50. The van der Waals surface area contributed by atoms with Crippen molar-refractivity contribution < 1.29 is 17.1 Å². The third kappa shape index (κ3) is 4.30. The Hall–Kier alpha value is -1.44. The number of carbonyl (C=O) groups excluding carboxylic acids is 1. The average molecular weight is 289 g/mol. The van der Waals surface area contributed by atoms with Crippen molar-refractivity contribution in [1.29, 1.82) is 0 Å². The van der Waals surface area contributed by atoms with Crippen molar-refractivity contribution in [3.05, 3.63) is 18.7 Å². The van der Waals surface area contributed by atoms with E-state index in [0.717, 1.165) is 13.0 Å². The smallest absolute Gasteiger partial charge is 0.302 e. The van der Waals surface area contributed by atoms with Gasteiger partial charge in [-0.2, -0.15) is 8.42 Å². The minimum Gasteiger partial charge on any atom is -0.342 e. The first kappa shape index (κ1) is 14.0. The molecule has 2 rings (SSSR count). The zero-order chi connectivity index (χ0) is 13.9. The SMILES string of the molecule is O=C1CC(CS(=O)(=O)F)CN1CCCn1ccnc1. The van der Waals surface area contributed by atoms with Crippen molar-refractivity contribution in [3.63, 3.8) is 0 Å². The van der Waals surface area contributed by atoms with Gasteiger partial charge in [-0.15, -0.1) is 3.89 Å². The number of rotatable bonds is 6. The number of likely N-dealkylation sites (tertiary alicyclic amines) is 1. The maximum Gasteiger partial charge on any atom is 0.302 e. The second-order valence-corrected chi connectivity index (χ2v) is 6.18. The Labute approximate surface area is 111 Å². The number of hydrogen-bond donors (Lipinski definition) is 0. The van der Waals surface area contributed by atoms with Crippen LogP contribution in [-0.4, -0.2) is 47.6 Å². The molecule has 1 saturated heterocycles. The van der Waals surface area contributed by atoms with E-state index < -0.39 is 21.9 Å². The maximum atomic E-state index is 12.6. The van der Waals surface area contributed by atoms with Crippen molar-refractivity contribution in [3.8, 4) is 0 Å². The number of halogens is 1. The summed E-state index contributed by atoms with van der Waals surface area (Å²) < 4.78 is 35.6. The van der Waals surface area contributed by atoms with Gasteiger partial charge in [0.2, 0.25) is 5.91 Å². The van der Waals surface area contributed by atoms with Gasteiger partial charge in [0, 0.05) is 44.4 Å². The molecule has 1 amide bonds. The largest absolute Gasteiger partial charge is 0.342 e. The van der Waals surface area contributed by atoms with Crippen LogP contribution >= 0.6 is 0 Å². The minimum absolute atomic E-state index is 0.0979. The van der Waals surface area contributed by atoms with Crippen LogP contribution in [0.3, 0.4) is 0 Å². The molecule has 0 saturated carbocycles. The molecule has 0 aromatic carbocycles. The van der Waals surface area contributed by atoms with Gasteiger partial charge in [-0.1, -0.05) is 0 Å². The van der Waals surface area contributed by atoms with E-state index in [-0.39, 0.29) is 12.3 Å². The molecule has 0 N–H and O–H groups in total. The summed E-state index contributed by atoms with van der Waals surface area (Å²) in [4.78, 5) is 17.2. The highest BCUT2D eigenvalue weighted by atomic mass is 32.3. The van der Waals surface area contributed by atoms with Gasteiger partial charge in [0.15, 0.2) is 0 Å². The third-order valence-electron chi connectivity index (χ3n) is 3.13. The lowest BCUT2D eigenvalue weighted by Gasteiger charge is -2.16. The van der Waals surface area contributed by atoms with E-state index in [9.17, 15) is 17.1 Å². The van der Waals surface area contributed by atoms with Crippen LogP contribution in [0.2, 0.25) is 0 Å². The molecule has 1 aliphatic rings. The van der Waals surface area contributed by atoms with Crippen LogP contribution in [0.5, 0.6) is 0 Å². The van der Waals surface area contributed by atoms with Crippen molar-refractivity contribution in [2.45, 2.75) is 19.4 Å². The average Bonchev–Trinajstić information content (AvgIpc) is 2.87. The molecule has 0 spiro atoms. The fourth-order valence-electron chi connectivity index (χ4n) is 2.33. The molecular formula is C11H16FN3O3S. The predicted octanol–water partition coefficient (Wildman–Crippen LogP) is 0.421. The summed E-state index contributed by atoms with van der Waals surface area (Å²) in [5.74, 6) is -1.08. The Bertz CT molecular complexity index is 529. The lowest BCUT2D eigenvalue weighted by molar-refractivity contribution is -0.127. The van der Waals surface area contributed by atoms with E-state index >= 15 is 0 Å². The molecule has 1 aromatic rings. The first-order valence-corrected chi connectivity index (χ1v) is 7.65. The van der Waals surface area contributed by atoms with Crippen molar-refractivity contribution in [2.24, 2.45) is 5.92 Å². The van der Waals surface area contributed by atoms with Crippen LogP contribution in [0, 0.1) is 5.92 Å². The molecular weight excluding hydrogens is 273 g/mol. The lowest BCUT2D eigenvalue weighted by Crippen LogP contribution is -2.27. The van der Waals surface area contributed by atoms with E-state index in [4.69, 9.17) is 0 Å². The van der Waals surface area contributed by atoms with E-state index in [1.54, 1.807) is 17.4 Å². The quantitative estimate of drug-likeness (QED) is 0.712. The molecule has 0 bridgehead atoms. The highest BCUT2D eigenvalue weighted by Gasteiger charge is 2.32. The maximum absolute atomic E-state index is 12.6. The monoisotopic (exact) mass is 289 g/mol.